The first-order valence-corrected chi connectivity index (χ1v) is 7.19. The number of amides is 1. The number of aromatic hydroxyl groups is 1. The third kappa shape index (κ3) is 3.17. The fraction of sp³-hybridized carbons (Fsp3) is 0.267. The molecule has 1 unspecified atom stereocenters. The van der Waals surface area contributed by atoms with E-state index < -0.39 is 11.7 Å². The van der Waals surface area contributed by atoms with Crippen LogP contribution < -0.4 is 5.32 Å². The van der Waals surface area contributed by atoms with Gasteiger partial charge in [0.05, 0.1) is 11.6 Å². The lowest BCUT2D eigenvalue weighted by Gasteiger charge is -2.21. The Morgan fingerprint density at radius 2 is 2.10 bits per heavy atom. The fourth-order valence-corrected chi connectivity index (χ4v) is 2.90. The molecule has 1 aromatic carbocycles. The first-order chi connectivity index (χ1) is 9.49. The van der Waals surface area contributed by atoms with E-state index in [2.05, 4.69) is 5.32 Å². The van der Waals surface area contributed by atoms with E-state index in [1.807, 2.05) is 31.4 Å². The van der Waals surface area contributed by atoms with Gasteiger partial charge in [-0.05, 0) is 29.5 Å². The number of carbonyl (C=O) groups is 1. The summed E-state index contributed by atoms with van der Waals surface area (Å²) >= 11 is 1.57. The van der Waals surface area contributed by atoms with E-state index >= 15 is 0 Å². The molecule has 0 aliphatic heterocycles. The van der Waals surface area contributed by atoms with E-state index in [9.17, 15) is 14.3 Å². The summed E-state index contributed by atoms with van der Waals surface area (Å²) in [5, 5.41) is 14.5. The lowest BCUT2D eigenvalue weighted by molar-refractivity contribution is 0.0924. The molecular formula is C15H16FNO2S. The topological polar surface area (TPSA) is 49.3 Å². The maximum Gasteiger partial charge on any atom is 0.255 e. The highest BCUT2D eigenvalue weighted by molar-refractivity contribution is 7.10. The third-order valence-corrected chi connectivity index (χ3v) is 3.96. The second-order valence-electron chi connectivity index (χ2n) is 4.87. The Balaban J connectivity index is 2.21. The predicted molar refractivity (Wildman–Crippen MR) is 77.4 cm³/mol. The normalized spacial score (nSPS) is 12.4. The van der Waals surface area contributed by atoms with Crippen molar-refractivity contribution >= 4 is 17.2 Å². The summed E-state index contributed by atoms with van der Waals surface area (Å²) in [6.45, 7) is 4.02. The van der Waals surface area contributed by atoms with Crippen LogP contribution in [0.25, 0.3) is 0 Å². The van der Waals surface area contributed by atoms with Gasteiger partial charge in [0.15, 0.2) is 0 Å². The van der Waals surface area contributed by atoms with Crippen molar-refractivity contribution in [2.24, 2.45) is 5.92 Å². The fourth-order valence-electron chi connectivity index (χ4n) is 1.95. The Morgan fingerprint density at radius 3 is 2.65 bits per heavy atom. The molecule has 0 saturated heterocycles. The Kier molecular flexibility index (Phi) is 4.39. The van der Waals surface area contributed by atoms with Crippen LogP contribution in [0.3, 0.4) is 0 Å². The average Bonchev–Trinajstić information content (AvgIpc) is 2.88. The molecule has 0 aliphatic carbocycles. The zero-order valence-electron chi connectivity index (χ0n) is 11.3. The lowest BCUT2D eigenvalue weighted by atomic mass is 10.0. The van der Waals surface area contributed by atoms with Gasteiger partial charge in [-0.25, -0.2) is 4.39 Å². The smallest absolute Gasteiger partial charge is 0.255 e. The summed E-state index contributed by atoms with van der Waals surface area (Å²) in [5.41, 5.74) is 0.0774. The quantitative estimate of drug-likeness (QED) is 0.902. The maximum absolute atomic E-state index is 12.9. The van der Waals surface area contributed by atoms with E-state index in [0.29, 0.717) is 0 Å². The largest absolute Gasteiger partial charge is 0.507 e. The van der Waals surface area contributed by atoms with Gasteiger partial charge in [-0.3, -0.25) is 4.79 Å². The van der Waals surface area contributed by atoms with Crippen molar-refractivity contribution < 1.29 is 14.3 Å². The van der Waals surface area contributed by atoms with Gasteiger partial charge in [-0.2, -0.15) is 0 Å². The Bertz CT molecular complexity index is 596. The molecule has 0 bridgehead atoms. The van der Waals surface area contributed by atoms with Crippen LogP contribution in [0.4, 0.5) is 4.39 Å². The van der Waals surface area contributed by atoms with Gasteiger partial charge < -0.3 is 10.4 Å². The molecule has 1 amide bonds. The first kappa shape index (κ1) is 14.5. The van der Waals surface area contributed by atoms with Gasteiger partial charge in [-0.15, -0.1) is 11.3 Å². The van der Waals surface area contributed by atoms with Crippen LogP contribution in [0.1, 0.15) is 35.1 Å². The van der Waals surface area contributed by atoms with Gasteiger partial charge in [0, 0.05) is 10.9 Å². The molecule has 0 radical (unpaired) electrons. The van der Waals surface area contributed by atoms with Gasteiger partial charge in [0.2, 0.25) is 0 Å². The minimum Gasteiger partial charge on any atom is -0.507 e. The van der Waals surface area contributed by atoms with Gasteiger partial charge >= 0.3 is 0 Å². The Hall–Kier alpha value is -1.88. The van der Waals surface area contributed by atoms with Crippen LogP contribution in [0, 0.1) is 11.7 Å². The molecule has 3 nitrogen and oxygen atoms in total. The summed E-state index contributed by atoms with van der Waals surface area (Å²) in [5.74, 6) is -1.12. The number of halogens is 1. The summed E-state index contributed by atoms with van der Waals surface area (Å²) in [6.07, 6.45) is 0. The number of nitrogens with one attached hydrogen (secondary N) is 1. The molecule has 1 atom stereocenters. The zero-order chi connectivity index (χ0) is 14.7. The van der Waals surface area contributed by atoms with Crippen LogP contribution in [-0.2, 0) is 0 Å². The molecule has 0 saturated carbocycles. The minimum absolute atomic E-state index is 0.0774. The van der Waals surface area contributed by atoms with Crippen LogP contribution in [-0.4, -0.2) is 11.0 Å². The lowest BCUT2D eigenvalue weighted by Crippen LogP contribution is -2.31. The van der Waals surface area contributed by atoms with Crippen molar-refractivity contribution in [2.45, 2.75) is 19.9 Å². The second-order valence-corrected chi connectivity index (χ2v) is 5.85. The third-order valence-electron chi connectivity index (χ3n) is 3.01. The summed E-state index contributed by atoms with van der Waals surface area (Å²) < 4.78 is 12.9. The molecule has 0 spiro atoms. The first-order valence-electron chi connectivity index (χ1n) is 6.32. The summed E-state index contributed by atoms with van der Waals surface area (Å²) in [4.78, 5) is 13.2. The van der Waals surface area contributed by atoms with E-state index in [4.69, 9.17) is 0 Å². The van der Waals surface area contributed by atoms with E-state index in [1.165, 1.54) is 6.07 Å². The van der Waals surface area contributed by atoms with Crippen molar-refractivity contribution in [3.8, 4) is 5.75 Å². The van der Waals surface area contributed by atoms with Crippen molar-refractivity contribution in [1.82, 2.24) is 5.32 Å². The zero-order valence-corrected chi connectivity index (χ0v) is 12.1. The SMILES string of the molecule is CC(C)C(NC(=O)c1ccc(F)cc1O)c1cccs1. The number of carbonyl (C=O) groups excluding carboxylic acids is 1. The number of phenols is 1. The highest BCUT2D eigenvalue weighted by atomic mass is 32.1. The van der Waals surface area contributed by atoms with Gasteiger partial charge in [-0.1, -0.05) is 19.9 Å². The number of rotatable bonds is 4. The van der Waals surface area contributed by atoms with Crippen molar-refractivity contribution in [1.29, 1.82) is 0 Å². The number of benzene rings is 1. The summed E-state index contributed by atoms with van der Waals surface area (Å²) in [7, 11) is 0. The molecule has 0 fully saturated rings. The molecule has 1 aromatic heterocycles. The van der Waals surface area contributed by atoms with Crippen LogP contribution >= 0.6 is 11.3 Å². The Labute approximate surface area is 121 Å². The molecule has 2 N–H and O–H groups in total. The summed E-state index contributed by atoms with van der Waals surface area (Å²) in [6, 6.07) is 7.13. The molecule has 0 aliphatic rings. The van der Waals surface area contributed by atoms with E-state index in [1.54, 1.807) is 11.3 Å². The van der Waals surface area contributed by atoms with Crippen LogP contribution in [0.5, 0.6) is 5.75 Å². The van der Waals surface area contributed by atoms with Gasteiger partial charge in [0.1, 0.15) is 11.6 Å². The van der Waals surface area contributed by atoms with Crippen molar-refractivity contribution in [3.05, 3.63) is 52.0 Å². The van der Waals surface area contributed by atoms with Crippen molar-refractivity contribution in [2.75, 3.05) is 0 Å². The minimum atomic E-state index is -0.572. The molecule has 20 heavy (non-hydrogen) atoms. The molecular weight excluding hydrogens is 277 g/mol. The highest BCUT2D eigenvalue weighted by Crippen LogP contribution is 2.27. The van der Waals surface area contributed by atoms with Crippen LogP contribution in [0.15, 0.2) is 35.7 Å². The molecule has 106 valence electrons. The number of hydrogen-bond donors (Lipinski definition) is 2. The second kappa shape index (κ2) is 6.05. The maximum atomic E-state index is 12.9. The van der Waals surface area contributed by atoms with Gasteiger partial charge in [0.25, 0.3) is 5.91 Å². The van der Waals surface area contributed by atoms with Crippen LogP contribution in [0.2, 0.25) is 0 Å². The highest BCUT2D eigenvalue weighted by Gasteiger charge is 2.21. The predicted octanol–water partition coefficient (Wildman–Crippen LogP) is 3.72. The number of thiophene rings is 1. The van der Waals surface area contributed by atoms with E-state index in [0.717, 1.165) is 17.0 Å². The molecule has 5 heteroatoms. The average molecular weight is 293 g/mol. The standard InChI is InChI=1S/C15H16FNO2S/c1-9(2)14(13-4-3-7-20-13)17-15(19)11-6-5-10(16)8-12(11)18/h3-9,14,18H,1-2H3,(H,17,19). The molecule has 2 rings (SSSR count). The molecule has 1 heterocycles. The van der Waals surface area contributed by atoms with E-state index in [-0.39, 0.29) is 23.3 Å². The monoisotopic (exact) mass is 293 g/mol. The Morgan fingerprint density at radius 1 is 1.35 bits per heavy atom. The van der Waals surface area contributed by atoms with Crippen molar-refractivity contribution in [3.63, 3.8) is 0 Å². The number of phenolic OH excluding ortho intramolecular Hbond substituents is 1. The molecule has 2 aromatic rings. The number of hydrogen-bond acceptors (Lipinski definition) is 3.